The van der Waals surface area contributed by atoms with E-state index >= 15 is 0 Å². The summed E-state index contributed by atoms with van der Waals surface area (Å²) in [6, 6.07) is 6.01. The van der Waals surface area contributed by atoms with Crippen LogP contribution in [0.4, 0.5) is 5.82 Å². The summed E-state index contributed by atoms with van der Waals surface area (Å²) in [6.07, 6.45) is 2.59. The van der Waals surface area contributed by atoms with Crippen LogP contribution in [0, 0.1) is 5.92 Å². The van der Waals surface area contributed by atoms with E-state index in [2.05, 4.69) is 22.0 Å². The third kappa shape index (κ3) is 2.49. The minimum atomic E-state index is 0.0410. The van der Waals surface area contributed by atoms with Crippen molar-refractivity contribution in [2.75, 3.05) is 11.9 Å². The van der Waals surface area contributed by atoms with Crippen LogP contribution in [0.5, 0.6) is 0 Å². The first-order valence-electron chi connectivity index (χ1n) is 5.81. The summed E-state index contributed by atoms with van der Waals surface area (Å²) in [7, 11) is 2.03. The molecule has 1 aromatic rings. The van der Waals surface area contributed by atoms with Gasteiger partial charge in [0.25, 0.3) is 0 Å². The van der Waals surface area contributed by atoms with Crippen molar-refractivity contribution in [2.24, 2.45) is 16.8 Å². The predicted octanol–water partition coefficient (Wildman–Crippen LogP) is 1.41. The number of oxime groups is 1. The van der Waals surface area contributed by atoms with Gasteiger partial charge in [0.1, 0.15) is 11.5 Å². The molecule has 5 heteroatoms. The van der Waals surface area contributed by atoms with E-state index in [1.54, 1.807) is 6.07 Å². The van der Waals surface area contributed by atoms with Crippen LogP contribution < -0.4 is 10.6 Å². The van der Waals surface area contributed by atoms with Crippen molar-refractivity contribution in [3.8, 4) is 0 Å². The zero-order valence-corrected chi connectivity index (χ0v) is 10.2. The molecule has 0 saturated heterocycles. The minimum absolute atomic E-state index is 0.0410. The van der Waals surface area contributed by atoms with Crippen molar-refractivity contribution in [3.63, 3.8) is 0 Å². The fraction of sp³-hybridized carbons (Fsp3) is 0.500. The Hall–Kier alpha value is -1.78. The summed E-state index contributed by atoms with van der Waals surface area (Å²) in [4.78, 5) is 6.53. The van der Waals surface area contributed by atoms with Gasteiger partial charge in [-0.15, -0.1) is 0 Å². The molecule has 1 aliphatic carbocycles. The monoisotopic (exact) mass is 234 g/mol. The molecule has 0 aliphatic heterocycles. The van der Waals surface area contributed by atoms with Gasteiger partial charge in [-0.25, -0.2) is 4.98 Å². The number of nitrogens with zero attached hydrogens (tertiary/aromatic N) is 3. The highest BCUT2D eigenvalue weighted by Gasteiger charge is 2.31. The number of rotatable bonds is 4. The van der Waals surface area contributed by atoms with Crippen molar-refractivity contribution in [2.45, 2.75) is 25.8 Å². The molecule has 3 N–H and O–H groups in total. The van der Waals surface area contributed by atoms with E-state index in [0.717, 1.165) is 11.7 Å². The van der Waals surface area contributed by atoms with Crippen molar-refractivity contribution in [3.05, 3.63) is 23.9 Å². The van der Waals surface area contributed by atoms with Crippen molar-refractivity contribution in [1.29, 1.82) is 0 Å². The fourth-order valence-electron chi connectivity index (χ4n) is 1.92. The van der Waals surface area contributed by atoms with Gasteiger partial charge in [0, 0.05) is 13.1 Å². The summed E-state index contributed by atoms with van der Waals surface area (Å²) in [5, 5.41) is 11.6. The average Bonchev–Trinajstić information content (AvgIpc) is 3.20. The zero-order chi connectivity index (χ0) is 12.4. The summed E-state index contributed by atoms with van der Waals surface area (Å²) >= 11 is 0. The number of amidine groups is 1. The molecule has 0 amide bonds. The number of hydrogen-bond acceptors (Lipinski definition) is 4. The van der Waals surface area contributed by atoms with E-state index in [0.29, 0.717) is 11.7 Å². The van der Waals surface area contributed by atoms with E-state index in [1.807, 2.05) is 19.2 Å². The van der Waals surface area contributed by atoms with Crippen LogP contribution in [0.15, 0.2) is 23.4 Å². The predicted molar refractivity (Wildman–Crippen MR) is 67.3 cm³/mol. The Morgan fingerprint density at radius 2 is 2.29 bits per heavy atom. The van der Waals surface area contributed by atoms with E-state index < -0.39 is 0 Å². The third-order valence-corrected chi connectivity index (χ3v) is 3.38. The summed E-state index contributed by atoms with van der Waals surface area (Å²) < 4.78 is 0. The summed E-state index contributed by atoms with van der Waals surface area (Å²) in [5.41, 5.74) is 6.03. The Labute approximate surface area is 101 Å². The van der Waals surface area contributed by atoms with E-state index in [4.69, 9.17) is 10.9 Å². The van der Waals surface area contributed by atoms with Crippen molar-refractivity contribution >= 4 is 11.7 Å². The number of anilines is 1. The Morgan fingerprint density at radius 3 is 2.88 bits per heavy atom. The maximum absolute atomic E-state index is 8.63. The second-order valence-corrected chi connectivity index (χ2v) is 4.56. The first-order valence-corrected chi connectivity index (χ1v) is 5.81. The lowest BCUT2D eigenvalue weighted by molar-refractivity contribution is 0.318. The third-order valence-electron chi connectivity index (χ3n) is 3.38. The zero-order valence-electron chi connectivity index (χ0n) is 10.2. The molecule has 5 nitrogen and oxygen atoms in total. The lowest BCUT2D eigenvalue weighted by Crippen LogP contribution is -2.31. The molecule has 1 aromatic heterocycles. The van der Waals surface area contributed by atoms with Crippen LogP contribution in [0.3, 0.4) is 0 Å². The number of nitrogens with two attached hydrogens (primary N) is 1. The smallest absolute Gasteiger partial charge is 0.188 e. The molecule has 1 fully saturated rings. The van der Waals surface area contributed by atoms with Crippen LogP contribution in [0.2, 0.25) is 0 Å². The maximum Gasteiger partial charge on any atom is 0.188 e. The van der Waals surface area contributed by atoms with Crippen molar-refractivity contribution in [1.82, 2.24) is 4.98 Å². The first kappa shape index (κ1) is 11.7. The highest BCUT2D eigenvalue weighted by atomic mass is 16.4. The van der Waals surface area contributed by atoms with Gasteiger partial charge < -0.3 is 15.8 Å². The van der Waals surface area contributed by atoms with Gasteiger partial charge >= 0.3 is 0 Å². The Balaban J connectivity index is 2.20. The topological polar surface area (TPSA) is 74.7 Å². The number of hydrogen-bond donors (Lipinski definition) is 2. The standard InChI is InChI=1S/C12H18N4O/c1-8(9-6-7-9)16(2)11-5-3-4-10(14-11)12(13)15-17/h3-5,8-9,17H,6-7H2,1-2H3,(H2,13,15). The van der Waals surface area contributed by atoms with Gasteiger partial charge in [0.2, 0.25) is 0 Å². The molecule has 0 bridgehead atoms. The van der Waals surface area contributed by atoms with E-state index in [1.165, 1.54) is 12.8 Å². The quantitative estimate of drug-likeness (QED) is 0.357. The van der Waals surface area contributed by atoms with Gasteiger partial charge in [0.05, 0.1) is 0 Å². The first-order chi connectivity index (χ1) is 8.13. The Bertz CT molecular complexity index is 428. The lowest BCUT2D eigenvalue weighted by atomic mass is 10.2. The molecule has 0 aromatic carbocycles. The maximum atomic E-state index is 8.63. The van der Waals surface area contributed by atoms with E-state index in [-0.39, 0.29) is 5.84 Å². The van der Waals surface area contributed by atoms with Gasteiger partial charge in [-0.2, -0.15) is 0 Å². The summed E-state index contributed by atoms with van der Waals surface area (Å²) in [5.74, 6) is 1.67. The SMILES string of the molecule is CC(C1CC1)N(C)c1cccc(C(N)=NO)n1. The number of aromatic nitrogens is 1. The van der Waals surface area contributed by atoms with Gasteiger partial charge in [-0.1, -0.05) is 11.2 Å². The average molecular weight is 234 g/mol. The molecule has 92 valence electrons. The molecular weight excluding hydrogens is 216 g/mol. The van der Waals surface area contributed by atoms with Crippen LogP contribution in [0.25, 0.3) is 0 Å². The number of pyridine rings is 1. The highest BCUT2D eigenvalue weighted by molar-refractivity contribution is 5.95. The van der Waals surface area contributed by atoms with Gasteiger partial charge in [0.15, 0.2) is 5.84 Å². The van der Waals surface area contributed by atoms with Crippen LogP contribution in [0.1, 0.15) is 25.5 Å². The second kappa shape index (κ2) is 4.61. The van der Waals surface area contributed by atoms with Gasteiger partial charge in [-0.3, -0.25) is 0 Å². The van der Waals surface area contributed by atoms with E-state index in [9.17, 15) is 0 Å². The Morgan fingerprint density at radius 1 is 1.59 bits per heavy atom. The molecule has 0 spiro atoms. The Kier molecular flexibility index (Phi) is 3.17. The molecule has 17 heavy (non-hydrogen) atoms. The largest absolute Gasteiger partial charge is 0.409 e. The highest BCUT2D eigenvalue weighted by Crippen LogP contribution is 2.35. The fourth-order valence-corrected chi connectivity index (χ4v) is 1.92. The summed E-state index contributed by atoms with van der Waals surface area (Å²) in [6.45, 7) is 2.20. The molecule has 1 saturated carbocycles. The minimum Gasteiger partial charge on any atom is -0.409 e. The molecular formula is C12H18N4O. The molecule has 0 radical (unpaired) electrons. The molecule has 1 unspecified atom stereocenters. The molecule has 1 aliphatic rings. The molecule has 1 atom stereocenters. The lowest BCUT2D eigenvalue weighted by Gasteiger charge is -2.26. The van der Waals surface area contributed by atoms with Crippen LogP contribution in [-0.2, 0) is 0 Å². The molecule has 2 rings (SSSR count). The normalized spacial score (nSPS) is 17.9. The van der Waals surface area contributed by atoms with Crippen molar-refractivity contribution < 1.29 is 5.21 Å². The van der Waals surface area contributed by atoms with Gasteiger partial charge in [-0.05, 0) is 37.8 Å². The van der Waals surface area contributed by atoms with Crippen LogP contribution >= 0.6 is 0 Å². The molecule has 1 heterocycles. The second-order valence-electron chi connectivity index (χ2n) is 4.56. The van der Waals surface area contributed by atoms with Crippen LogP contribution in [-0.4, -0.2) is 29.1 Å².